The highest BCUT2D eigenvalue weighted by molar-refractivity contribution is 5.96. The first kappa shape index (κ1) is 11.8. The van der Waals surface area contributed by atoms with E-state index in [1.807, 2.05) is 12.1 Å². The van der Waals surface area contributed by atoms with Crippen LogP contribution in [-0.4, -0.2) is 33.2 Å². The summed E-state index contributed by atoms with van der Waals surface area (Å²) in [4.78, 5) is 25.4. The fourth-order valence-corrected chi connectivity index (χ4v) is 1.44. The monoisotopic (exact) mass is 247 g/mol. The van der Waals surface area contributed by atoms with E-state index in [9.17, 15) is 9.59 Å². The summed E-state index contributed by atoms with van der Waals surface area (Å²) in [6.45, 7) is 0. The van der Waals surface area contributed by atoms with Gasteiger partial charge in [-0.15, -0.1) is 0 Å². The van der Waals surface area contributed by atoms with Crippen molar-refractivity contribution in [1.29, 1.82) is 0 Å². The van der Waals surface area contributed by atoms with Gasteiger partial charge in [0.2, 0.25) is 5.88 Å². The van der Waals surface area contributed by atoms with Gasteiger partial charge in [-0.25, -0.2) is 14.6 Å². The summed E-state index contributed by atoms with van der Waals surface area (Å²) in [5.74, 6) is -3.18. The van der Waals surface area contributed by atoms with Gasteiger partial charge in [0.15, 0.2) is 0 Å². The second kappa shape index (κ2) is 4.70. The van der Waals surface area contributed by atoms with E-state index >= 15 is 0 Å². The Morgan fingerprint density at radius 3 is 2.39 bits per heavy atom. The molecule has 1 aromatic carbocycles. The largest absolute Gasteiger partial charge is 0.478 e. The van der Waals surface area contributed by atoms with E-state index < -0.39 is 18.0 Å². The first-order valence-electron chi connectivity index (χ1n) is 5.06. The second-order valence-corrected chi connectivity index (χ2v) is 3.52. The minimum Gasteiger partial charge on any atom is -0.478 e. The average molecular weight is 247 g/mol. The van der Waals surface area contributed by atoms with Crippen molar-refractivity contribution in [1.82, 2.24) is 4.98 Å². The summed E-state index contributed by atoms with van der Waals surface area (Å²) >= 11 is 0. The zero-order chi connectivity index (χ0) is 13.1. The molecule has 2 aromatic rings. The lowest BCUT2D eigenvalue weighted by Crippen LogP contribution is -2.35. The van der Waals surface area contributed by atoms with Crippen molar-refractivity contribution in [3.05, 3.63) is 36.4 Å². The highest BCUT2D eigenvalue weighted by Crippen LogP contribution is 2.17. The molecule has 2 rings (SSSR count). The number of nitrogens with zero attached hydrogens (tertiary/aromatic N) is 1. The topological polar surface area (TPSA) is 96.7 Å². The quantitative estimate of drug-likeness (QED) is 0.786. The molecule has 0 bridgehead atoms. The smallest absolute Gasteiger partial charge is 0.356 e. The lowest BCUT2D eigenvalue weighted by atomic mass is 10.2. The summed E-state index contributed by atoms with van der Waals surface area (Å²) in [6.07, 6.45) is -1.96. The Bertz CT molecular complexity index is 596. The Balaban J connectivity index is 2.31. The molecule has 0 fully saturated rings. The average Bonchev–Trinajstić information content (AvgIpc) is 2.35. The predicted molar refractivity (Wildman–Crippen MR) is 61.4 cm³/mol. The number of fused-ring (bicyclic) bond motifs is 1. The third-order valence-electron chi connectivity index (χ3n) is 2.26. The number of aromatic nitrogens is 1. The number of carboxylic acid groups (broad SMARTS) is 2. The Labute approximate surface area is 101 Å². The van der Waals surface area contributed by atoms with Crippen LogP contribution in [0.15, 0.2) is 36.4 Å². The molecule has 0 radical (unpaired) electrons. The maximum Gasteiger partial charge on any atom is 0.356 e. The van der Waals surface area contributed by atoms with Gasteiger partial charge in [0, 0.05) is 11.5 Å². The first-order valence-corrected chi connectivity index (χ1v) is 5.06. The van der Waals surface area contributed by atoms with Gasteiger partial charge in [0.1, 0.15) is 0 Å². The Morgan fingerprint density at radius 2 is 1.72 bits per heavy atom. The van der Waals surface area contributed by atoms with E-state index in [2.05, 4.69) is 4.98 Å². The molecule has 1 heterocycles. The summed E-state index contributed by atoms with van der Waals surface area (Å²) in [5, 5.41) is 18.2. The molecule has 0 aliphatic heterocycles. The van der Waals surface area contributed by atoms with Crippen LogP contribution in [0, 0.1) is 0 Å². The SMILES string of the molecule is O=C(O)C(Oc1ccc2ccccc2n1)C(=O)O. The molecule has 0 saturated heterocycles. The van der Waals surface area contributed by atoms with E-state index in [4.69, 9.17) is 14.9 Å². The third kappa shape index (κ3) is 2.37. The minimum absolute atomic E-state index is 0.0384. The molecule has 0 spiro atoms. The predicted octanol–water partition coefficient (Wildman–Crippen LogP) is 1.15. The number of hydrogen-bond acceptors (Lipinski definition) is 4. The second-order valence-electron chi connectivity index (χ2n) is 3.52. The highest BCUT2D eigenvalue weighted by atomic mass is 16.5. The first-order chi connectivity index (χ1) is 8.58. The zero-order valence-electron chi connectivity index (χ0n) is 9.11. The van der Waals surface area contributed by atoms with Gasteiger partial charge in [-0.3, -0.25) is 0 Å². The standard InChI is InChI=1S/C12H9NO5/c14-11(15)10(12(16)17)18-9-6-5-7-3-1-2-4-8(7)13-9/h1-6,10H,(H,14,15)(H,16,17). The van der Waals surface area contributed by atoms with Gasteiger partial charge in [-0.05, 0) is 12.1 Å². The Hall–Kier alpha value is -2.63. The van der Waals surface area contributed by atoms with Crippen molar-refractivity contribution < 1.29 is 24.5 Å². The summed E-state index contributed by atoms with van der Waals surface area (Å²) in [6, 6.07) is 10.3. The molecule has 0 aliphatic carbocycles. The molecule has 6 nitrogen and oxygen atoms in total. The molecular formula is C12H9NO5. The van der Waals surface area contributed by atoms with Gasteiger partial charge >= 0.3 is 11.9 Å². The van der Waals surface area contributed by atoms with Crippen LogP contribution in [0.4, 0.5) is 0 Å². The molecule has 2 N–H and O–H groups in total. The van der Waals surface area contributed by atoms with Gasteiger partial charge in [-0.1, -0.05) is 18.2 Å². The molecule has 1 aromatic heterocycles. The van der Waals surface area contributed by atoms with Gasteiger partial charge < -0.3 is 14.9 Å². The van der Waals surface area contributed by atoms with Gasteiger partial charge in [0.05, 0.1) is 5.52 Å². The molecule has 0 aliphatic rings. The van der Waals surface area contributed by atoms with E-state index in [1.165, 1.54) is 6.07 Å². The normalized spacial score (nSPS) is 10.5. The van der Waals surface area contributed by atoms with E-state index in [0.29, 0.717) is 5.52 Å². The minimum atomic E-state index is -1.96. The number of hydrogen-bond donors (Lipinski definition) is 2. The van der Waals surface area contributed by atoms with Crippen molar-refractivity contribution in [2.75, 3.05) is 0 Å². The fraction of sp³-hybridized carbons (Fsp3) is 0.0833. The highest BCUT2D eigenvalue weighted by Gasteiger charge is 2.28. The van der Waals surface area contributed by atoms with Crippen molar-refractivity contribution >= 4 is 22.8 Å². The summed E-state index contributed by atoms with van der Waals surface area (Å²) < 4.78 is 4.84. The number of para-hydroxylation sites is 1. The van der Waals surface area contributed by atoms with Crippen LogP contribution in [0.25, 0.3) is 10.9 Å². The maximum atomic E-state index is 10.7. The number of carbonyl (C=O) groups is 2. The molecule has 0 unspecified atom stereocenters. The van der Waals surface area contributed by atoms with Crippen LogP contribution in [0.2, 0.25) is 0 Å². The maximum absolute atomic E-state index is 10.7. The summed E-state index contributed by atoms with van der Waals surface area (Å²) in [5.41, 5.74) is 0.601. The summed E-state index contributed by atoms with van der Waals surface area (Å²) in [7, 11) is 0. The number of rotatable bonds is 4. The van der Waals surface area contributed by atoms with Gasteiger partial charge in [0.25, 0.3) is 6.10 Å². The Kier molecular flexibility index (Phi) is 3.09. The lowest BCUT2D eigenvalue weighted by molar-refractivity contribution is -0.159. The van der Waals surface area contributed by atoms with Crippen LogP contribution < -0.4 is 4.74 Å². The van der Waals surface area contributed by atoms with Gasteiger partial charge in [-0.2, -0.15) is 0 Å². The van der Waals surface area contributed by atoms with Crippen molar-refractivity contribution in [3.8, 4) is 5.88 Å². The third-order valence-corrected chi connectivity index (χ3v) is 2.26. The number of pyridine rings is 1. The zero-order valence-corrected chi connectivity index (χ0v) is 9.11. The molecule has 18 heavy (non-hydrogen) atoms. The number of ether oxygens (including phenoxy) is 1. The van der Waals surface area contributed by atoms with Crippen LogP contribution in [0.1, 0.15) is 0 Å². The molecular weight excluding hydrogens is 238 g/mol. The molecule has 6 heteroatoms. The Morgan fingerprint density at radius 1 is 1.06 bits per heavy atom. The fourth-order valence-electron chi connectivity index (χ4n) is 1.44. The van der Waals surface area contributed by atoms with Crippen molar-refractivity contribution in [2.24, 2.45) is 0 Å². The lowest BCUT2D eigenvalue weighted by Gasteiger charge is -2.10. The molecule has 92 valence electrons. The van der Waals surface area contributed by atoms with E-state index in [1.54, 1.807) is 18.2 Å². The van der Waals surface area contributed by atoms with Crippen LogP contribution in [-0.2, 0) is 9.59 Å². The number of benzene rings is 1. The van der Waals surface area contributed by atoms with E-state index in [-0.39, 0.29) is 5.88 Å². The van der Waals surface area contributed by atoms with Crippen LogP contribution in [0.5, 0.6) is 5.88 Å². The number of carboxylic acids is 2. The van der Waals surface area contributed by atoms with Crippen LogP contribution >= 0.6 is 0 Å². The van der Waals surface area contributed by atoms with E-state index in [0.717, 1.165) is 5.39 Å². The van der Waals surface area contributed by atoms with Crippen LogP contribution in [0.3, 0.4) is 0 Å². The van der Waals surface area contributed by atoms with Crippen molar-refractivity contribution in [2.45, 2.75) is 6.10 Å². The molecule has 0 saturated carbocycles. The molecule has 0 atom stereocenters. The van der Waals surface area contributed by atoms with Crippen molar-refractivity contribution in [3.63, 3.8) is 0 Å². The molecule has 0 amide bonds. The number of aliphatic carboxylic acids is 2.